The molecule has 0 unspecified atom stereocenters. The number of rotatable bonds is 5. The average Bonchev–Trinajstić information content (AvgIpc) is 3.05. The first-order valence-electron chi connectivity index (χ1n) is 8.43. The van der Waals surface area contributed by atoms with Crippen molar-refractivity contribution in [3.63, 3.8) is 0 Å². The van der Waals surface area contributed by atoms with Gasteiger partial charge >= 0.3 is 0 Å². The molecule has 0 bridgehead atoms. The summed E-state index contributed by atoms with van der Waals surface area (Å²) in [4.78, 5) is 13.4. The summed E-state index contributed by atoms with van der Waals surface area (Å²) in [5.74, 6) is 0.596. The summed E-state index contributed by atoms with van der Waals surface area (Å²) < 4.78 is 13.1. The molecular weight excluding hydrogens is 356 g/mol. The van der Waals surface area contributed by atoms with E-state index >= 15 is 0 Å². The van der Waals surface area contributed by atoms with Crippen LogP contribution in [0.3, 0.4) is 0 Å². The molecule has 1 aromatic heterocycles. The van der Waals surface area contributed by atoms with Crippen molar-refractivity contribution in [2.75, 3.05) is 25.2 Å². The van der Waals surface area contributed by atoms with E-state index < -0.39 is 0 Å². The average molecular weight is 379 g/mol. The van der Waals surface area contributed by atoms with Crippen molar-refractivity contribution in [3.05, 3.63) is 35.0 Å². The highest BCUT2D eigenvalue weighted by Crippen LogP contribution is 2.31. The maximum absolute atomic E-state index is 11.6. The number of nitrogens with zero attached hydrogens (tertiary/aromatic N) is 4. The van der Waals surface area contributed by atoms with Gasteiger partial charge in [-0.1, -0.05) is 30.7 Å². The third-order valence-corrected chi connectivity index (χ3v) is 4.56. The molecule has 3 rings (SSSR count). The summed E-state index contributed by atoms with van der Waals surface area (Å²) >= 11 is 6.29. The van der Waals surface area contributed by atoms with E-state index in [1.54, 1.807) is 34.0 Å². The Hall–Kier alpha value is -1.96. The predicted octanol–water partition coefficient (Wildman–Crippen LogP) is 3.30. The number of Topliss-reactive ketones (excluding diaryl/α,β-unsaturated/α-hetero) is 1. The molecule has 1 fully saturated rings. The number of benzene rings is 1. The molecule has 0 saturated carbocycles. The molecule has 8 heteroatoms. The Kier molecular flexibility index (Phi) is 5.32. The van der Waals surface area contributed by atoms with Crippen LogP contribution in [0.4, 0.5) is 11.5 Å². The van der Waals surface area contributed by atoms with Crippen LogP contribution in [0.1, 0.15) is 31.1 Å². The third kappa shape index (κ3) is 4.23. The van der Waals surface area contributed by atoms with Gasteiger partial charge in [0.2, 0.25) is 0 Å². The number of anilines is 2. The number of hydrogen-bond donors (Lipinski definition) is 0. The zero-order valence-corrected chi connectivity index (χ0v) is 16.2. The Morgan fingerprint density at radius 1 is 1.38 bits per heavy atom. The largest absolute Gasteiger partial charge is 0.350 e. The fraction of sp³-hybridized carbons (Fsp3) is 0.500. The fourth-order valence-electron chi connectivity index (χ4n) is 2.63. The van der Waals surface area contributed by atoms with Gasteiger partial charge in [-0.15, -0.1) is 5.10 Å². The lowest BCUT2D eigenvalue weighted by molar-refractivity contribution is -0.227. The summed E-state index contributed by atoms with van der Waals surface area (Å²) in [6.07, 6.45) is 1.45. The number of hydrogen-bond acceptors (Lipinski definition) is 6. The maximum Gasteiger partial charge on any atom is 0.177 e. The van der Waals surface area contributed by atoms with Gasteiger partial charge in [-0.3, -0.25) is 4.79 Å². The Morgan fingerprint density at radius 3 is 2.73 bits per heavy atom. The maximum atomic E-state index is 11.6. The van der Waals surface area contributed by atoms with E-state index in [1.807, 2.05) is 7.05 Å². The Balaban J connectivity index is 1.71. The minimum absolute atomic E-state index is 0.0190. The lowest BCUT2D eigenvalue weighted by atomic mass is 9.96. The highest BCUT2D eigenvalue weighted by Gasteiger charge is 2.28. The van der Waals surface area contributed by atoms with Crippen molar-refractivity contribution in [3.8, 4) is 0 Å². The molecule has 0 radical (unpaired) electrons. The van der Waals surface area contributed by atoms with Crippen LogP contribution in [0.5, 0.6) is 0 Å². The molecule has 2 aromatic rings. The second-order valence-corrected chi connectivity index (χ2v) is 7.70. The Morgan fingerprint density at radius 2 is 2.08 bits per heavy atom. The molecule has 1 saturated heterocycles. The fourth-order valence-corrected chi connectivity index (χ4v) is 2.87. The highest BCUT2D eigenvalue weighted by atomic mass is 35.5. The molecule has 0 aliphatic carbocycles. The van der Waals surface area contributed by atoms with Crippen molar-refractivity contribution in [1.29, 1.82) is 0 Å². The number of carbonyl (C=O) groups is 1. The van der Waals surface area contributed by atoms with Crippen molar-refractivity contribution in [2.24, 2.45) is 5.41 Å². The molecule has 0 spiro atoms. The second kappa shape index (κ2) is 7.34. The van der Waals surface area contributed by atoms with Gasteiger partial charge in [0.05, 0.1) is 36.7 Å². The van der Waals surface area contributed by atoms with E-state index in [-0.39, 0.29) is 17.5 Å². The molecule has 0 N–H and O–H groups in total. The first-order chi connectivity index (χ1) is 12.2. The van der Waals surface area contributed by atoms with Crippen LogP contribution in [-0.2, 0) is 16.0 Å². The highest BCUT2D eigenvalue weighted by molar-refractivity contribution is 6.33. The summed E-state index contributed by atoms with van der Waals surface area (Å²) in [6.45, 7) is 7.47. The first kappa shape index (κ1) is 18.8. The molecule has 140 valence electrons. The zero-order valence-electron chi connectivity index (χ0n) is 15.4. The molecule has 2 heterocycles. The van der Waals surface area contributed by atoms with Crippen LogP contribution in [0.2, 0.25) is 5.02 Å². The van der Waals surface area contributed by atoms with Crippen LogP contribution in [0, 0.1) is 5.41 Å². The minimum Gasteiger partial charge on any atom is -0.350 e. The van der Waals surface area contributed by atoms with Crippen molar-refractivity contribution in [1.82, 2.24) is 15.0 Å². The number of ketones is 1. The van der Waals surface area contributed by atoms with E-state index in [1.165, 1.54) is 6.92 Å². The third-order valence-electron chi connectivity index (χ3n) is 4.24. The van der Waals surface area contributed by atoms with E-state index in [0.29, 0.717) is 41.8 Å². The topological polar surface area (TPSA) is 69.5 Å². The van der Waals surface area contributed by atoms with Crippen molar-refractivity contribution in [2.45, 2.75) is 33.6 Å². The SMILES string of the molecule is CC(=O)c1ccc(Cl)c(N(C)c2cn(CC3OCC(C)(C)CO3)nn2)c1. The van der Waals surface area contributed by atoms with Crippen molar-refractivity contribution < 1.29 is 14.3 Å². The number of carbonyl (C=O) groups excluding carboxylic acids is 1. The number of halogens is 1. The Bertz CT molecular complexity index is 795. The monoisotopic (exact) mass is 378 g/mol. The van der Waals surface area contributed by atoms with Crippen LogP contribution in [0.25, 0.3) is 0 Å². The van der Waals surface area contributed by atoms with Crippen molar-refractivity contribution >= 4 is 28.9 Å². The van der Waals surface area contributed by atoms with E-state index in [9.17, 15) is 4.79 Å². The molecule has 1 aromatic carbocycles. The number of ether oxygens (including phenoxy) is 2. The standard InChI is InChI=1S/C18H23ClN4O3/c1-12(24)13-5-6-14(19)15(7-13)22(4)16-8-23(21-20-16)9-17-25-10-18(2,3)11-26-17/h5-8,17H,9-11H2,1-4H3. The smallest absolute Gasteiger partial charge is 0.177 e. The van der Waals surface area contributed by atoms with E-state index in [2.05, 4.69) is 24.2 Å². The zero-order chi connectivity index (χ0) is 18.9. The van der Waals surface area contributed by atoms with E-state index in [0.717, 1.165) is 0 Å². The molecule has 0 amide bonds. The summed E-state index contributed by atoms with van der Waals surface area (Å²) in [6, 6.07) is 5.16. The van der Waals surface area contributed by atoms with Gasteiger partial charge in [0.25, 0.3) is 0 Å². The van der Waals surface area contributed by atoms with Gasteiger partial charge < -0.3 is 14.4 Å². The summed E-state index contributed by atoms with van der Waals surface area (Å²) in [7, 11) is 1.83. The van der Waals surface area contributed by atoms with E-state index in [4.69, 9.17) is 21.1 Å². The lowest BCUT2D eigenvalue weighted by Gasteiger charge is -2.34. The molecule has 0 atom stereocenters. The molecule has 1 aliphatic rings. The van der Waals surface area contributed by atoms with Gasteiger partial charge in [-0.25, -0.2) is 4.68 Å². The van der Waals surface area contributed by atoms with Crippen LogP contribution in [0.15, 0.2) is 24.4 Å². The second-order valence-electron chi connectivity index (χ2n) is 7.30. The lowest BCUT2D eigenvalue weighted by Crippen LogP contribution is -2.39. The number of aromatic nitrogens is 3. The summed E-state index contributed by atoms with van der Waals surface area (Å²) in [5, 5.41) is 8.86. The summed E-state index contributed by atoms with van der Waals surface area (Å²) in [5.41, 5.74) is 1.32. The first-order valence-corrected chi connectivity index (χ1v) is 8.80. The molecular formula is C18H23ClN4O3. The van der Waals surface area contributed by atoms with Crippen LogP contribution < -0.4 is 4.90 Å². The molecule has 26 heavy (non-hydrogen) atoms. The van der Waals surface area contributed by atoms with Gasteiger partial charge in [-0.05, 0) is 25.1 Å². The van der Waals surface area contributed by atoms with Crippen LogP contribution >= 0.6 is 11.6 Å². The minimum atomic E-state index is -0.340. The van der Waals surface area contributed by atoms with Gasteiger partial charge in [0.15, 0.2) is 17.9 Å². The molecule has 1 aliphatic heterocycles. The Labute approximate surface area is 157 Å². The predicted molar refractivity (Wildman–Crippen MR) is 99.0 cm³/mol. The van der Waals surface area contributed by atoms with Gasteiger partial charge in [-0.2, -0.15) is 0 Å². The molecule has 7 nitrogen and oxygen atoms in total. The van der Waals surface area contributed by atoms with Gasteiger partial charge in [0.1, 0.15) is 0 Å². The van der Waals surface area contributed by atoms with Crippen LogP contribution in [-0.4, -0.2) is 47.3 Å². The normalized spacial score (nSPS) is 17.3. The van der Waals surface area contributed by atoms with Gasteiger partial charge in [0, 0.05) is 18.0 Å². The quantitative estimate of drug-likeness (QED) is 0.743.